The Bertz CT molecular complexity index is 1010. The molecule has 0 unspecified atom stereocenters. The summed E-state index contributed by atoms with van der Waals surface area (Å²) in [5.41, 5.74) is -4.25. The van der Waals surface area contributed by atoms with Crippen molar-refractivity contribution in [3.8, 4) is 0 Å². The molecular weight excluding hydrogens is 489 g/mol. The predicted octanol–water partition coefficient (Wildman–Crippen LogP) is 5.50. The Kier molecular flexibility index (Phi) is 6.84. The molecule has 0 N–H and O–H groups in total. The number of non-ortho nitro benzene ring substituents is 2. The van der Waals surface area contributed by atoms with E-state index in [-0.39, 0.29) is 5.56 Å². The van der Waals surface area contributed by atoms with Gasteiger partial charge in [0.05, 0.1) is 26.9 Å². The van der Waals surface area contributed by atoms with E-state index in [4.69, 9.17) is 4.74 Å². The number of alkyl halides is 3. The molecule has 2 rings (SSSR count). The maximum Gasteiger partial charge on any atom is 0.426 e. The van der Waals surface area contributed by atoms with Gasteiger partial charge in [-0.25, -0.2) is 4.79 Å². The number of benzene rings is 2. The Balaban J connectivity index is 2.53. The summed E-state index contributed by atoms with van der Waals surface area (Å²) in [6.45, 7) is 4.60. The van der Waals surface area contributed by atoms with E-state index in [1.807, 2.05) is 0 Å². The molecule has 164 valence electrons. The third-order valence-corrected chi connectivity index (χ3v) is 5.05. The fourth-order valence-electron chi connectivity index (χ4n) is 2.81. The highest BCUT2D eigenvalue weighted by molar-refractivity contribution is 9.10. The number of esters is 1. The Hall–Kier alpha value is -3.28. The lowest BCUT2D eigenvalue weighted by Gasteiger charge is -2.36. The SMILES string of the molecule is C=C[C@](C)(c1ccc(Br)cc1)[C@H](OC(=O)c1cc([N+](=O)[O-])cc([N+](=O)[O-])c1)C(F)(F)F. The second kappa shape index (κ2) is 8.84. The number of nitro benzene ring substituents is 2. The molecule has 0 amide bonds. The van der Waals surface area contributed by atoms with Crippen molar-refractivity contribution in [2.75, 3.05) is 0 Å². The van der Waals surface area contributed by atoms with Gasteiger partial charge in [0.2, 0.25) is 6.10 Å². The lowest BCUT2D eigenvalue weighted by Crippen LogP contribution is -2.48. The summed E-state index contributed by atoms with van der Waals surface area (Å²) in [6.07, 6.45) is -6.82. The molecule has 8 nitrogen and oxygen atoms in total. The number of hydrogen-bond acceptors (Lipinski definition) is 6. The topological polar surface area (TPSA) is 113 Å². The maximum absolute atomic E-state index is 13.9. The number of carbonyl (C=O) groups is 1. The molecule has 0 aliphatic rings. The van der Waals surface area contributed by atoms with Gasteiger partial charge >= 0.3 is 12.1 Å². The van der Waals surface area contributed by atoms with E-state index in [2.05, 4.69) is 22.5 Å². The van der Waals surface area contributed by atoms with E-state index < -0.39 is 50.4 Å². The molecule has 0 bridgehead atoms. The minimum Gasteiger partial charge on any atom is -0.448 e. The van der Waals surface area contributed by atoms with Crippen LogP contribution < -0.4 is 0 Å². The molecule has 0 saturated heterocycles. The first-order valence-electron chi connectivity index (χ1n) is 8.41. The summed E-state index contributed by atoms with van der Waals surface area (Å²) in [5.74, 6) is -1.61. The molecular formula is C19H14BrF3N2O6. The quantitative estimate of drug-likeness (QED) is 0.214. The van der Waals surface area contributed by atoms with E-state index in [1.54, 1.807) is 0 Å². The zero-order chi connectivity index (χ0) is 23.6. The van der Waals surface area contributed by atoms with Crippen molar-refractivity contribution in [1.82, 2.24) is 0 Å². The van der Waals surface area contributed by atoms with Crippen molar-refractivity contribution in [1.29, 1.82) is 0 Å². The van der Waals surface area contributed by atoms with E-state index >= 15 is 0 Å². The summed E-state index contributed by atoms with van der Waals surface area (Å²) in [4.78, 5) is 32.4. The maximum atomic E-state index is 13.9. The first-order valence-corrected chi connectivity index (χ1v) is 9.20. The van der Waals surface area contributed by atoms with Crippen molar-refractivity contribution in [3.63, 3.8) is 0 Å². The average Bonchev–Trinajstić information content (AvgIpc) is 2.70. The molecule has 0 radical (unpaired) electrons. The van der Waals surface area contributed by atoms with Crippen LogP contribution in [0.15, 0.2) is 59.6 Å². The summed E-state index contributed by atoms with van der Waals surface area (Å²) in [7, 11) is 0. The summed E-state index contributed by atoms with van der Waals surface area (Å²) in [5, 5.41) is 22.0. The van der Waals surface area contributed by atoms with E-state index in [1.165, 1.54) is 24.3 Å². The van der Waals surface area contributed by atoms with Crippen molar-refractivity contribution in [3.05, 3.63) is 90.9 Å². The number of hydrogen-bond donors (Lipinski definition) is 0. The smallest absolute Gasteiger partial charge is 0.426 e. The number of halogens is 4. The van der Waals surface area contributed by atoms with Crippen LogP contribution in [-0.4, -0.2) is 28.1 Å². The normalized spacial score (nSPS) is 14.2. The van der Waals surface area contributed by atoms with Gasteiger partial charge < -0.3 is 4.74 Å². The number of rotatable bonds is 7. The van der Waals surface area contributed by atoms with Gasteiger partial charge in [0.15, 0.2) is 0 Å². The van der Waals surface area contributed by atoms with Gasteiger partial charge in [-0.1, -0.05) is 34.1 Å². The predicted molar refractivity (Wildman–Crippen MR) is 107 cm³/mol. The number of ether oxygens (including phenoxy) is 1. The van der Waals surface area contributed by atoms with Crippen LogP contribution in [0, 0.1) is 20.2 Å². The molecule has 0 aliphatic carbocycles. The van der Waals surface area contributed by atoms with Crippen molar-refractivity contribution < 1.29 is 32.5 Å². The third kappa shape index (κ3) is 5.26. The highest BCUT2D eigenvalue weighted by atomic mass is 79.9. The van der Waals surface area contributed by atoms with Crippen molar-refractivity contribution in [2.45, 2.75) is 24.6 Å². The van der Waals surface area contributed by atoms with Crippen molar-refractivity contribution in [2.24, 2.45) is 0 Å². The van der Waals surface area contributed by atoms with Crippen LogP contribution in [0.2, 0.25) is 0 Å². The van der Waals surface area contributed by atoms with Crippen LogP contribution >= 0.6 is 15.9 Å². The fourth-order valence-corrected chi connectivity index (χ4v) is 3.08. The summed E-state index contributed by atoms with van der Waals surface area (Å²) in [6, 6.07) is 7.55. The zero-order valence-electron chi connectivity index (χ0n) is 15.8. The van der Waals surface area contributed by atoms with Gasteiger partial charge in [0.25, 0.3) is 11.4 Å². The summed E-state index contributed by atoms with van der Waals surface area (Å²) < 4.78 is 47.0. The van der Waals surface area contributed by atoms with Gasteiger partial charge in [-0.2, -0.15) is 13.2 Å². The highest BCUT2D eigenvalue weighted by Crippen LogP contribution is 2.41. The largest absolute Gasteiger partial charge is 0.448 e. The molecule has 12 heteroatoms. The second-order valence-electron chi connectivity index (χ2n) is 6.57. The molecule has 0 aromatic heterocycles. The van der Waals surface area contributed by atoms with Gasteiger partial charge in [-0.3, -0.25) is 20.2 Å². The molecule has 0 fully saturated rings. The van der Waals surface area contributed by atoms with Crippen LogP contribution in [0.3, 0.4) is 0 Å². The highest BCUT2D eigenvalue weighted by Gasteiger charge is 2.54. The summed E-state index contributed by atoms with van der Waals surface area (Å²) >= 11 is 3.17. The number of carbonyl (C=O) groups excluding carboxylic acids is 1. The van der Waals surface area contributed by atoms with Gasteiger partial charge in [-0.05, 0) is 24.6 Å². The monoisotopic (exact) mass is 502 g/mol. The molecule has 2 aromatic rings. The Morgan fingerprint density at radius 2 is 1.58 bits per heavy atom. The first-order chi connectivity index (χ1) is 14.3. The standard InChI is InChI=1S/C19H14BrF3N2O6/c1-3-18(2,12-4-6-13(20)7-5-12)17(19(21,22)23)31-16(26)11-8-14(24(27)28)10-15(9-11)25(29)30/h3-10,17H,1H2,2H3/t17-,18+/m0/s1. The van der Waals surface area contributed by atoms with Crippen molar-refractivity contribution >= 4 is 33.3 Å². The number of nitrogens with zero attached hydrogens (tertiary/aromatic N) is 2. The zero-order valence-corrected chi connectivity index (χ0v) is 17.3. The Morgan fingerprint density at radius 3 is 1.97 bits per heavy atom. The van der Waals surface area contributed by atoms with Gasteiger partial charge in [-0.15, -0.1) is 6.58 Å². The van der Waals surface area contributed by atoms with E-state index in [9.17, 15) is 38.2 Å². The van der Waals surface area contributed by atoms with Crippen LogP contribution in [-0.2, 0) is 10.2 Å². The lowest BCUT2D eigenvalue weighted by molar-refractivity contribution is -0.394. The number of nitro groups is 2. The Morgan fingerprint density at radius 1 is 1.10 bits per heavy atom. The third-order valence-electron chi connectivity index (χ3n) is 4.52. The van der Waals surface area contributed by atoms with Gasteiger partial charge in [0, 0.05) is 16.6 Å². The van der Waals surface area contributed by atoms with E-state index in [0.717, 1.165) is 13.0 Å². The molecule has 0 aliphatic heterocycles. The second-order valence-corrected chi connectivity index (χ2v) is 7.49. The van der Waals surface area contributed by atoms with Crippen LogP contribution in [0.1, 0.15) is 22.8 Å². The fraction of sp³-hybridized carbons (Fsp3) is 0.211. The van der Waals surface area contributed by atoms with Gasteiger partial charge in [0.1, 0.15) is 0 Å². The molecule has 2 aromatic carbocycles. The molecule has 31 heavy (non-hydrogen) atoms. The minimum absolute atomic E-state index is 0.130. The average molecular weight is 503 g/mol. The molecule has 2 atom stereocenters. The lowest BCUT2D eigenvalue weighted by atomic mass is 9.77. The molecule has 0 saturated carbocycles. The molecule has 0 heterocycles. The Labute approximate surface area is 181 Å². The first kappa shape index (κ1) is 24.0. The van der Waals surface area contributed by atoms with Crippen LogP contribution in [0.4, 0.5) is 24.5 Å². The van der Waals surface area contributed by atoms with Crippen LogP contribution in [0.5, 0.6) is 0 Å². The van der Waals surface area contributed by atoms with Crippen LogP contribution in [0.25, 0.3) is 0 Å². The minimum atomic E-state index is -5.06. The van der Waals surface area contributed by atoms with E-state index in [0.29, 0.717) is 22.7 Å². The molecule has 0 spiro atoms.